The standard InChI is InChI=1S/C18H31ClN2/c1-6-15(7-2)13-21(8-3)18-11-17(19)10-9-16(18)12-20-14(4)5/h9-11,14-15,20H,6-8,12-13H2,1-5H3. The molecule has 0 fully saturated rings. The van der Waals surface area contributed by atoms with Crippen molar-refractivity contribution in [2.75, 3.05) is 18.0 Å². The summed E-state index contributed by atoms with van der Waals surface area (Å²) in [5, 5.41) is 4.33. The number of nitrogens with zero attached hydrogens (tertiary/aromatic N) is 1. The lowest BCUT2D eigenvalue weighted by atomic mass is 10.0. The van der Waals surface area contributed by atoms with Crippen LogP contribution in [0.25, 0.3) is 0 Å². The van der Waals surface area contributed by atoms with Crippen molar-refractivity contribution < 1.29 is 0 Å². The van der Waals surface area contributed by atoms with E-state index in [1.807, 2.05) is 6.07 Å². The third kappa shape index (κ3) is 5.88. The Morgan fingerprint density at radius 3 is 2.33 bits per heavy atom. The maximum atomic E-state index is 6.24. The fraction of sp³-hybridized carbons (Fsp3) is 0.667. The zero-order valence-corrected chi connectivity index (χ0v) is 15.0. The molecule has 0 aromatic heterocycles. The lowest BCUT2D eigenvalue weighted by molar-refractivity contribution is 0.485. The molecule has 21 heavy (non-hydrogen) atoms. The minimum Gasteiger partial charge on any atom is -0.371 e. The second-order valence-electron chi connectivity index (χ2n) is 6.03. The van der Waals surface area contributed by atoms with Gasteiger partial charge in [0, 0.05) is 36.4 Å². The first-order chi connectivity index (χ1) is 10.0. The molecule has 1 aromatic rings. The van der Waals surface area contributed by atoms with Crippen molar-refractivity contribution in [2.24, 2.45) is 5.92 Å². The lowest BCUT2D eigenvalue weighted by Gasteiger charge is -2.30. The van der Waals surface area contributed by atoms with Gasteiger partial charge in [-0.05, 0) is 30.5 Å². The molecule has 0 heterocycles. The molecule has 1 N–H and O–H groups in total. The highest BCUT2D eigenvalue weighted by molar-refractivity contribution is 6.30. The highest BCUT2D eigenvalue weighted by Gasteiger charge is 2.14. The summed E-state index contributed by atoms with van der Waals surface area (Å²) in [4.78, 5) is 2.47. The van der Waals surface area contributed by atoms with E-state index in [0.29, 0.717) is 6.04 Å². The van der Waals surface area contributed by atoms with Crippen LogP contribution >= 0.6 is 11.6 Å². The smallest absolute Gasteiger partial charge is 0.0426 e. The molecular weight excluding hydrogens is 280 g/mol. The van der Waals surface area contributed by atoms with Gasteiger partial charge in [-0.25, -0.2) is 0 Å². The van der Waals surface area contributed by atoms with Crippen molar-refractivity contribution in [1.29, 1.82) is 0 Å². The van der Waals surface area contributed by atoms with Gasteiger partial charge in [-0.3, -0.25) is 0 Å². The molecular formula is C18H31ClN2. The van der Waals surface area contributed by atoms with Crippen LogP contribution in [0.2, 0.25) is 5.02 Å². The zero-order chi connectivity index (χ0) is 15.8. The number of rotatable bonds is 9. The van der Waals surface area contributed by atoms with Crippen LogP contribution in [0.3, 0.4) is 0 Å². The first-order valence-electron chi connectivity index (χ1n) is 8.28. The van der Waals surface area contributed by atoms with Crippen LogP contribution in [0.5, 0.6) is 0 Å². The van der Waals surface area contributed by atoms with Crippen molar-refractivity contribution in [3.63, 3.8) is 0 Å². The van der Waals surface area contributed by atoms with Crippen molar-refractivity contribution in [1.82, 2.24) is 5.32 Å². The fourth-order valence-corrected chi connectivity index (χ4v) is 2.72. The summed E-state index contributed by atoms with van der Waals surface area (Å²) in [5.41, 5.74) is 2.62. The second kappa shape index (κ2) is 9.32. The zero-order valence-electron chi connectivity index (χ0n) is 14.2. The van der Waals surface area contributed by atoms with Crippen LogP contribution in [0.4, 0.5) is 5.69 Å². The highest BCUT2D eigenvalue weighted by atomic mass is 35.5. The predicted molar refractivity (Wildman–Crippen MR) is 95.4 cm³/mol. The topological polar surface area (TPSA) is 15.3 Å². The minimum atomic E-state index is 0.489. The minimum absolute atomic E-state index is 0.489. The third-order valence-electron chi connectivity index (χ3n) is 4.10. The van der Waals surface area contributed by atoms with E-state index in [4.69, 9.17) is 11.6 Å². The van der Waals surface area contributed by atoms with Crippen LogP contribution in [0, 0.1) is 5.92 Å². The van der Waals surface area contributed by atoms with Gasteiger partial charge in [0.25, 0.3) is 0 Å². The Morgan fingerprint density at radius 2 is 1.81 bits per heavy atom. The third-order valence-corrected chi connectivity index (χ3v) is 4.34. The number of halogens is 1. The quantitative estimate of drug-likeness (QED) is 0.682. The highest BCUT2D eigenvalue weighted by Crippen LogP contribution is 2.26. The summed E-state index contributed by atoms with van der Waals surface area (Å²) in [7, 11) is 0. The van der Waals surface area contributed by atoms with E-state index in [0.717, 1.165) is 30.6 Å². The molecule has 1 aromatic carbocycles. The van der Waals surface area contributed by atoms with E-state index < -0.39 is 0 Å². The summed E-state index contributed by atoms with van der Waals surface area (Å²) >= 11 is 6.24. The molecule has 0 saturated heterocycles. The van der Waals surface area contributed by atoms with Gasteiger partial charge in [0.15, 0.2) is 0 Å². The van der Waals surface area contributed by atoms with Gasteiger partial charge < -0.3 is 10.2 Å². The summed E-state index contributed by atoms with van der Waals surface area (Å²) in [6.45, 7) is 14.2. The molecule has 0 aliphatic carbocycles. The number of hydrogen-bond donors (Lipinski definition) is 1. The van der Waals surface area contributed by atoms with E-state index in [2.05, 4.69) is 57.0 Å². The van der Waals surface area contributed by atoms with Crippen LogP contribution in [-0.2, 0) is 6.54 Å². The lowest BCUT2D eigenvalue weighted by Crippen LogP contribution is -2.31. The normalized spacial score (nSPS) is 11.4. The van der Waals surface area contributed by atoms with Gasteiger partial charge in [0.05, 0.1) is 0 Å². The Kier molecular flexibility index (Phi) is 8.13. The summed E-state index contributed by atoms with van der Waals surface area (Å²) < 4.78 is 0. The second-order valence-corrected chi connectivity index (χ2v) is 6.47. The molecule has 0 spiro atoms. The number of nitrogens with one attached hydrogen (secondary N) is 1. The van der Waals surface area contributed by atoms with Crippen LogP contribution in [-0.4, -0.2) is 19.1 Å². The molecule has 0 bridgehead atoms. The fourth-order valence-electron chi connectivity index (χ4n) is 2.55. The van der Waals surface area contributed by atoms with E-state index in [-0.39, 0.29) is 0 Å². The monoisotopic (exact) mass is 310 g/mol. The van der Waals surface area contributed by atoms with Crippen molar-refractivity contribution in [3.05, 3.63) is 28.8 Å². The summed E-state index contributed by atoms with van der Waals surface area (Å²) in [6, 6.07) is 6.75. The average molecular weight is 311 g/mol. The Balaban J connectivity index is 2.97. The van der Waals surface area contributed by atoms with Gasteiger partial charge >= 0.3 is 0 Å². The van der Waals surface area contributed by atoms with Crippen LogP contribution in [0.15, 0.2) is 18.2 Å². The van der Waals surface area contributed by atoms with Gasteiger partial charge in [-0.2, -0.15) is 0 Å². The molecule has 1 rings (SSSR count). The Bertz CT molecular complexity index is 414. The van der Waals surface area contributed by atoms with Gasteiger partial charge in [-0.15, -0.1) is 0 Å². The molecule has 0 unspecified atom stereocenters. The van der Waals surface area contributed by atoms with E-state index in [9.17, 15) is 0 Å². The first-order valence-corrected chi connectivity index (χ1v) is 8.66. The van der Waals surface area contributed by atoms with Gasteiger partial charge in [-0.1, -0.05) is 58.2 Å². The largest absolute Gasteiger partial charge is 0.371 e. The Hall–Kier alpha value is -0.730. The number of benzene rings is 1. The van der Waals surface area contributed by atoms with Gasteiger partial charge in [0.2, 0.25) is 0 Å². The van der Waals surface area contributed by atoms with Crippen LogP contribution in [0.1, 0.15) is 53.0 Å². The predicted octanol–water partition coefficient (Wildman–Crippen LogP) is 5.10. The molecule has 0 saturated carbocycles. The number of anilines is 1. The van der Waals surface area contributed by atoms with Crippen molar-refractivity contribution >= 4 is 17.3 Å². The summed E-state index contributed by atoms with van der Waals surface area (Å²) in [6.07, 6.45) is 2.46. The van der Waals surface area contributed by atoms with Gasteiger partial charge in [0.1, 0.15) is 0 Å². The average Bonchev–Trinajstić information content (AvgIpc) is 2.47. The van der Waals surface area contributed by atoms with E-state index in [1.165, 1.54) is 24.1 Å². The molecule has 0 aliphatic rings. The Labute approximate surface area is 135 Å². The molecule has 0 radical (unpaired) electrons. The number of hydrogen-bond acceptors (Lipinski definition) is 2. The SMILES string of the molecule is CCC(CC)CN(CC)c1cc(Cl)ccc1CNC(C)C. The first kappa shape index (κ1) is 18.3. The molecule has 3 heteroatoms. The molecule has 0 amide bonds. The Morgan fingerprint density at radius 1 is 1.14 bits per heavy atom. The summed E-state index contributed by atoms with van der Waals surface area (Å²) in [5.74, 6) is 0.745. The van der Waals surface area contributed by atoms with E-state index in [1.54, 1.807) is 0 Å². The van der Waals surface area contributed by atoms with Crippen molar-refractivity contribution in [3.8, 4) is 0 Å². The van der Waals surface area contributed by atoms with E-state index >= 15 is 0 Å². The molecule has 2 nitrogen and oxygen atoms in total. The maximum absolute atomic E-state index is 6.24. The molecule has 120 valence electrons. The van der Waals surface area contributed by atoms with Crippen LogP contribution < -0.4 is 10.2 Å². The maximum Gasteiger partial charge on any atom is 0.0426 e. The van der Waals surface area contributed by atoms with Crippen molar-refractivity contribution in [2.45, 2.75) is 60.0 Å². The molecule has 0 aliphatic heterocycles. The molecule has 0 atom stereocenters.